The minimum absolute atomic E-state index is 0.0461. The van der Waals surface area contributed by atoms with Crippen molar-refractivity contribution in [3.63, 3.8) is 0 Å². The first-order valence-electron chi connectivity index (χ1n) is 5.73. The lowest BCUT2D eigenvalue weighted by Gasteiger charge is -2.22. The van der Waals surface area contributed by atoms with Crippen LogP contribution >= 0.6 is 11.6 Å². The van der Waals surface area contributed by atoms with E-state index in [2.05, 4.69) is 44.1 Å². The van der Waals surface area contributed by atoms with Crippen LogP contribution in [0.15, 0.2) is 36.4 Å². The van der Waals surface area contributed by atoms with E-state index in [0.29, 0.717) is 5.88 Å². The minimum Gasteiger partial charge on any atom is -0.259 e. The van der Waals surface area contributed by atoms with Gasteiger partial charge in [0.25, 0.3) is 0 Å². The van der Waals surface area contributed by atoms with E-state index in [1.54, 1.807) is 0 Å². The maximum atomic E-state index is 5.87. The van der Waals surface area contributed by atoms with Gasteiger partial charge in [0.2, 0.25) is 0 Å². The zero-order valence-corrected chi connectivity index (χ0v) is 11.2. The van der Waals surface area contributed by atoms with E-state index in [0.717, 1.165) is 11.4 Å². The Hall–Kier alpha value is -1.28. The second-order valence-electron chi connectivity index (χ2n) is 5.10. The third kappa shape index (κ3) is 2.52. The zero-order chi connectivity index (χ0) is 12.5. The molecule has 0 N–H and O–H groups in total. The molecule has 0 saturated heterocycles. The van der Waals surface area contributed by atoms with E-state index >= 15 is 0 Å². The summed E-state index contributed by atoms with van der Waals surface area (Å²) >= 11 is 5.87. The lowest BCUT2D eigenvalue weighted by atomic mass is 10.1. The smallest absolute Gasteiger partial charge is 0.0779 e. The molecular formula is C14H17ClN2. The molecule has 0 atom stereocenters. The number of halogens is 1. The molecule has 2 nitrogen and oxygen atoms in total. The fraction of sp³-hybridized carbons (Fsp3) is 0.357. The predicted molar refractivity (Wildman–Crippen MR) is 72.2 cm³/mol. The Morgan fingerprint density at radius 1 is 1.18 bits per heavy atom. The fourth-order valence-corrected chi connectivity index (χ4v) is 1.95. The van der Waals surface area contributed by atoms with Gasteiger partial charge in [-0.15, -0.1) is 11.6 Å². The number of aromatic nitrogens is 2. The Labute approximate surface area is 107 Å². The van der Waals surface area contributed by atoms with Crippen LogP contribution in [0.4, 0.5) is 0 Å². The van der Waals surface area contributed by atoms with Gasteiger partial charge < -0.3 is 0 Å². The highest BCUT2D eigenvalue weighted by Crippen LogP contribution is 2.26. The maximum absolute atomic E-state index is 5.87. The van der Waals surface area contributed by atoms with Crippen molar-refractivity contribution in [2.45, 2.75) is 32.2 Å². The van der Waals surface area contributed by atoms with Gasteiger partial charge >= 0.3 is 0 Å². The lowest BCUT2D eigenvalue weighted by Crippen LogP contribution is -2.24. The van der Waals surface area contributed by atoms with Crippen LogP contribution in [0, 0.1) is 0 Å². The molecule has 0 bridgehead atoms. The quantitative estimate of drug-likeness (QED) is 0.734. The second-order valence-corrected chi connectivity index (χ2v) is 5.37. The molecule has 17 heavy (non-hydrogen) atoms. The van der Waals surface area contributed by atoms with Crippen molar-refractivity contribution < 1.29 is 0 Å². The molecular weight excluding hydrogens is 232 g/mol. The van der Waals surface area contributed by atoms with E-state index < -0.39 is 0 Å². The van der Waals surface area contributed by atoms with Gasteiger partial charge in [-0.05, 0) is 32.4 Å². The summed E-state index contributed by atoms with van der Waals surface area (Å²) in [6.07, 6.45) is 0. The summed E-state index contributed by atoms with van der Waals surface area (Å²) < 4.78 is 2.04. The van der Waals surface area contributed by atoms with Crippen LogP contribution in [0.25, 0.3) is 11.3 Å². The van der Waals surface area contributed by atoms with Crippen molar-refractivity contribution in [2.75, 3.05) is 0 Å². The highest BCUT2D eigenvalue weighted by Gasteiger charge is 2.20. The molecule has 0 aliphatic carbocycles. The standard InChI is InChI=1S/C14H17ClN2/c1-14(2,3)17-13(9-12(10-15)16-17)11-7-5-4-6-8-11/h4-9H,10H2,1-3H3. The summed E-state index contributed by atoms with van der Waals surface area (Å²) in [7, 11) is 0. The molecule has 0 fully saturated rings. The zero-order valence-electron chi connectivity index (χ0n) is 10.4. The molecule has 1 aromatic heterocycles. The average molecular weight is 249 g/mol. The number of rotatable bonds is 2. The van der Waals surface area contributed by atoms with Crippen LogP contribution in [-0.4, -0.2) is 9.78 Å². The van der Waals surface area contributed by atoms with E-state index in [1.165, 1.54) is 5.56 Å². The largest absolute Gasteiger partial charge is 0.259 e. The van der Waals surface area contributed by atoms with Gasteiger partial charge in [-0.3, -0.25) is 4.68 Å². The van der Waals surface area contributed by atoms with Crippen molar-refractivity contribution in [1.29, 1.82) is 0 Å². The van der Waals surface area contributed by atoms with Crippen molar-refractivity contribution in [1.82, 2.24) is 9.78 Å². The topological polar surface area (TPSA) is 17.8 Å². The van der Waals surface area contributed by atoms with Gasteiger partial charge in [0.1, 0.15) is 0 Å². The average Bonchev–Trinajstić information content (AvgIpc) is 2.74. The first-order valence-corrected chi connectivity index (χ1v) is 6.26. The monoisotopic (exact) mass is 248 g/mol. The Morgan fingerprint density at radius 3 is 2.35 bits per heavy atom. The Bertz CT molecular complexity index is 495. The van der Waals surface area contributed by atoms with Crippen LogP contribution < -0.4 is 0 Å². The molecule has 3 heteroatoms. The Balaban J connectivity index is 2.57. The molecule has 2 aromatic rings. The molecule has 0 aliphatic heterocycles. The first-order chi connectivity index (χ1) is 8.02. The molecule has 0 saturated carbocycles. The number of hydrogen-bond acceptors (Lipinski definition) is 1. The highest BCUT2D eigenvalue weighted by molar-refractivity contribution is 6.16. The molecule has 0 unspecified atom stereocenters. The summed E-state index contributed by atoms with van der Waals surface area (Å²) in [4.78, 5) is 0. The van der Waals surface area contributed by atoms with Gasteiger partial charge in [-0.25, -0.2) is 0 Å². The molecule has 2 rings (SSSR count). The molecule has 90 valence electrons. The minimum atomic E-state index is -0.0461. The van der Waals surface area contributed by atoms with Crippen molar-refractivity contribution in [2.24, 2.45) is 0 Å². The van der Waals surface area contributed by atoms with Crippen LogP contribution in [0.5, 0.6) is 0 Å². The van der Waals surface area contributed by atoms with Crippen LogP contribution in [-0.2, 0) is 11.4 Å². The van der Waals surface area contributed by atoms with Crippen LogP contribution in [0.1, 0.15) is 26.5 Å². The number of nitrogens with zero attached hydrogens (tertiary/aromatic N) is 2. The normalized spacial score (nSPS) is 11.8. The summed E-state index contributed by atoms with van der Waals surface area (Å²) in [6.45, 7) is 6.43. The number of alkyl halides is 1. The summed E-state index contributed by atoms with van der Waals surface area (Å²) in [5.41, 5.74) is 3.16. The second kappa shape index (κ2) is 4.53. The Kier molecular flexibility index (Phi) is 3.25. The molecule has 0 spiro atoms. The van der Waals surface area contributed by atoms with E-state index in [4.69, 9.17) is 11.6 Å². The molecule has 0 amide bonds. The third-order valence-corrected chi connectivity index (χ3v) is 2.88. The summed E-state index contributed by atoms with van der Waals surface area (Å²) in [5.74, 6) is 0.447. The maximum Gasteiger partial charge on any atom is 0.0779 e. The van der Waals surface area contributed by atoms with E-state index in [1.807, 2.05) is 22.9 Å². The van der Waals surface area contributed by atoms with E-state index in [9.17, 15) is 0 Å². The molecule has 0 radical (unpaired) electrons. The summed E-state index contributed by atoms with van der Waals surface area (Å²) in [5, 5.41) is 4.56. The fourth-order valence-electron chi connectivity index (χ4n) is 1.82. The summed E-state index contributed by atoms with van der Waals surface area (Å²) in [6, 6.07) is 12.3. The van der Waals surface area contributed by atoms with Crippen molar-refractivity contribution in [3.8, 4) is 11.3 Å². The van der Waals surface area contributed by atoms with Crippen molar-refractivity contribution >= 4 is 11.6 Å². The number of hydrogen-bond donors (Lipinski definition) is 0. The van der Waals surface area contributed by atoms with Gasteiger partial charge in [-0.1, -0.05) is 30.3 Å². The number of benzene rings is 1. The molecule has 1 aromatic carbocycles. The lowest BCUT2D eigenvalue weighted by molar-refractivity contribution is 0.358. The third-order valence-electron chi connectivity index (χ3n) is 2.60. The predicted octanol–water partition coefficient (Wildman–Crippen LogP) is 4.04. The van der Waals surface area contributed by atoms with Crippen LogP contribution in [0.3, 0.4) is 0 Å². The van der Waals surface area contributed by atoms with Gasteiger partial charge in [0.05, 0.1) is 22.8 Å². The molecule has 0 aliphatic rings. The van der Waals surface area contributed by atoms with E-state index in [-0.39, 0.29) is 5.54 Å². The van der Waals surface area contributed by atoms with Crippen LogP contribution in [0.2, 0.25) is 0 Å². The first kappa shape index (κ1) is 12.2. The molecule has 1 heterocycles. The van der Waals surface area contributed by atoms with Gasteiger partial charge in [0, 0.05) is 0 Å². The Morgan fingerprint density at radius 2 is 1.82 bits per heavy atom. The van der Waals surface area contributed by atoms with Gasteiger partial charge in [-0.2, -0.15) is 5.10 Å². The highest BCUT2D eigenvalue weighted by atomic mass is 35.5. The SMILES string of the molecule is CC(C)(C)n1nc(CCl)cc1-c1ccccc1. The van der Waals surface area contributed by atoms with Gasteiger partial charge in [0.15, 0.2) is 0 Å². The van der Waals surface area contributed by atoms with Crippen molar-refractivity contribution in [3.05, 3.63) is 42.1 Å².